The smallest absolute Gasteiger partial charge is 0.137 e. The standard InChI is InChI=1S/C20H18F3N5O/c1-12-16-5-3-15(22)8-19(16)28(26-12)13(2)20(29,9-27-11-24-10-25-27)17-6-4-14(21)7-18(17)23/h3-8,10-11,13,29H,9H2,1-2H3/t13-,20-/m1/s1. The van der Waals surface area contributed by atoms with Crippen molar-refractivity contribution in [1.82, 2.24) is 24.5 Å². The van der Waals surface area contributed by atoms with Crippen molar-refractivity contribution in [1.29, 1.82) is 0 Å². The summed E-state index contributed by atoms with van der Waals surface area (Å²) in [5.74, 6) is -2.12. The van der Waals surface area contributed by atoms with Crippen LogP contribution in [0.4, 0.5) is 13.2 Å². The van der Waals surface area contributed by atoms with Gasteiger partial charge in [-0.2, -0.15) is 10.2 Å². The van der Waals surface area contributed by atoms with E-state index in [9.17, 15) is 18.3 Å². The molecular weight excluding hydrogens is 383 g/mol. The fourth-order valence-electron chi connectivity index (χ4n) is 3.61. The Morgan fingerprint density at radius 3 is 2.52 bits per heavy atom. The maximum absolute atomic E-state index is 14.7. The Bertz CT molecular complexity index is 1170. The van der Waals surface area contributed by atoms with Crippen molar-refractivity contribution < 1.29 is 18.3 Å². The minimum atomic E-state index is -1.89. The van der Waals surface area contributed by atoms with Crippen molar-refractivity contribution >= 4 is 10.9 Å². The molecule has 2 aromatic heterocycles. The van der Waals surface area contributed by atoms with Crippen molar-refractivity contribution in [3.8, 4) is 0 Å². The summed E-state index contributed by atoms with van der Waals surface area (Å²) in [5, 5.41) is 20.8. The molecule has 0 aliphatic rings. The van der Waals surface area contributed by atoms with Crippen LogP contribution in [-0.2, 0) is 12.1 Å². The Hall–Kier alpha value is -3.20. The first-order valence-corrected chi connectivity index (χ1v) is 8.94. The van der Waals surface area contributed by atoms with Crippen LogP contribution in [0, 0.1) is 24.4 Å². The Labute approximate surface area is 164 Å². The Morgan fingerprint density at radius 1 is 1.10 bits per heavy atom. The van der Waals surface area contributed by atoms with Crippen LogP contribution in [0.1, 0.15) is 24.2 Å². The highest BCUT2D eigenvalue weighted by Gasteiger charge is 2.41. The second-order valence-corrected chi connectivity index (χ2v) is 7.01. The average molecular weight is 401 g/mol. The molecule has 0 aliphatic heterocycles. The third-order valence-corrected chi connectivity index (χ3v) is 5.18. The lowest BCUT2D eigenvalue weighted by molar-refractivity contribution is -0.0355. The number of aryl methyl sites for hydroxylation is 1. The number of benzene rings is 2. The Kier molecular flexibility index (Phi) is 4.62. The summed E-state index contributed by atoms with van der Waals surface area (Å²) in [6.45, 7) is 3.22. The second kappa shape index (κ2) is 7.00. The third kappa shape index (κ3) is 3.27. The van der Waals surface area contributed by atoms with Crippen molar-refractivity contribution in [2.45, 2.75) is 32.0 Å². The van der Waals surface area contributed by atoms with Crippen LogP contribution >= 0.6 is 0 Å². The molecule has 0 unspecified atom stereocenters. The SMILES string of the molecule is Cc1nn([C@H](C)[C@](O)(Cn2cncn2)c2ccc(F)cc2F)c2cc(F)ccc12. The molecule has 0 saturated carbocycles. The maximum atomic E-state index is 14.7. The van der Waals surface area contributed by atoms with Crippen LogP contribution in [0.3, 0.4) is 0 Å². The molecule has 0 amide bonds. The second-order valence-electron chi connectivity index (χ2n) is 7.01. The number of hydrogen-bond acceptors (Lipinski definition) is 4. The van der Waals surface area contributed by atoms with Gasteiger partial charge in [-0.15, -0.1) is 0 Å². The predicted octanol–water partition coefficient (Wildman–Crippen LogP) is 3.50. The number of halogens is 3. The van der Waals surface area contributed by atoms with Crippen LogP contribution in [0.2, 0.25) is 0 Å². The summed E-state index contributed by atoms with van der Waals surface area (Å²) in [6.07, 6.45) is 2.67. The van der Waals surface area contributed by atoms with Gasteiger partial charge in [0.1, 0.15) is 35.7 Å². The monoisotopic (exact) mass is 401 g/mol. The van der Waals surface area contributed by atoms with Crippen LogP contribution < -0.4 is 0 Å². The van der Waals surface area contributed by atoms with E-state index in [-0.39, 0.29) is 12.1 Å². The lowest BCUT2D eigenvalue weighted by atomic mass is 9.86. The molecule has 0 radical (unpaired) electrons. The molecule has 0 aliphatic carbocycles. The average Bonchev–Trinajstić information content (AvgIpc) is 3.28. The summed E-state index contributed by atoms with van der Waals surface area (Å²) in [4.78, 5) is 3.85. The third-order valence-electron chi connectivity index (χ3n) is 5.18. The van der Waals surface area contributed by atoms with Gasteiger partial charge in [-0.05, 0) is 38.1 Å². The molecule has 29 heavy (non-hydrogen) atoms. The molecule has 6 nitrogen and oxygen atoms in total. The fourth-order valence-corrected chi connectivity index (χ4v) is 3.61. The van der Waals surface area contributed by atoms with Gasteiger partial charge in [0.2, 0.25) is 0 Å². The van der Waals surface area contributed by atoms with Crippen molar-refractivity contribution in [2.75, 3.05) is 0 Å². The van der Waals surface area contributed by atoms with E-state index in [1.54, 1.807) is 19.9 Å². The summed E-state index contributed by atoms with van der Waals surface area (Å²) >= 11 is 0. The molecule has 0 bridgehead atoms. The van der Waals surface area contributed by atoms with Crippen molar-refractivity contribution in [2.24, 2.45) is 0 Å². The molecule has 0 saturated heterocycles. The highest BCUT2D eigenvalue weighted by molar-refractivity contribution is 5.82. The number of aromatic nitrogens is 5. The topological polar surface area (TPSA) is 68.8 Å². The largest absolute Gasteiger partial charge is 0.381 e. The first-order valence-electron chi connectivity index (χ1n) is 8.94. The Balaban J connectivity index is 1.90. The van der Waals surface area contributed by atoms with E-state index < -0.39 is 29.1 Å². The van der Waals surface area contributed by atoms with Gasteiger partial charge in [0.05, 0.1) is 23.8 Å². The van der Waals surface area contributed by atoms with Gasteiger partial charge in [-0.1, -0.05) is 6.07 Å². The van der Waals surface area contributed by atoms with Gasteiger partial charge >= 0.3 is 0 Å². The highest BCUT2D eigenvalue weighted by atomic mass is 19.1. The molecule has 1 N–H and O–H groups in total. The van der Waals surface area contributed by atoms with E-state index in [2.05, 4.69) is 15.2 Å². The van der Waals surface area contributed by atoms with Gasteiger partial charge in [0, 0.05) is 17.0 Å². The normalized spacial score (nSPS) is 14.8. The van der Waals surface area contributed by atoms with Gasteiger partial charge < -0.3 is 5.11 Å². The van der Waals surface area contributed by atoms with Crippen LogP contribution in [-0.4, -0.2) is 29.7 Å². The van der Waals surface area contributed by atoms with Gasteiger partial charge in [0.15, 0.2) is 0 Å². The molecule has 2 aromatic carbocycles. The Morgan fingerprint density at radius 2 is 1.83 bits per heavy atom. The van der Waals surface area contributed by atoms with Crippen LogP contribution in [0.5, 0.6) is 0 Å². The summed E-state index contributed by atoms with van der Waals surface area (Å²) < 4.78 is 44.9. The number of rotatable bonds is 5. The quantitative estimate of drug-likeness (QED) is 0.556. The van der Waals surface area contributed by atoms with E-state index in [4.69, 9.17) is 0 Å². The zero-order valence-electron chi connectivity index (χ0n) is 15.7. The molecular formula is C20H18F3N5O. The molecule has 9 heteroatoms. The summed E-state index contributed by atoms with van der Waals surface area (Å²) in [5.41, 5.74) is -0.924. The summed E-state index contributed by atoms with van der Waals surface area (Å²) in [7, 11) is 0. The van der Waals surface area contributed by atoms with Crippen molar-refractivity contribution in [3.05, 3.63) is 77.8 Å². The van der Waals surface area contributed by atoms with Crippen LogP contribution in [0.15, 0.2) is 49.1 Å². The van der Waals surface area contributed by atoms with Gasteiger partial charge in [0.25, 0.3) is 0 Å². The molecule has 4 rings (SSSR count). The molecule has 4 aromatic rings. The number of fused-ring (bicyclic) bond motifs is 1. The first-order chi connectivity index (χ1) is 13.8. The van der Waals surface area contributed by atoms with Gasteiger partial charge in [-0.3, -0.25) is 4.68 Å². The lowest BCUT2D eigenvalue weighted by Crippen LogP contribution is -2.41. The zero-order chi connectivity index (χ0) is 20.8. The number of hydrogen-bond donors (Lipinski definition) is 1. The van der Waals surface area contributed by atoms with E-state index in [1.807, 2.05) is 0 Å². The zero-order valence-corrected chi connectivity index (χ0v) is 15.7. The summed E-state index contributed by atoms with van der Waals surface area (Å²) in [6, 6.07) is 6.35. The molecule has 2 atom stereocenters. The number of aliphatic hydroxyl groups is 1. The molecule has 0 spiro atoms. The number of nitrogens with zero attached hydrogens (tertiary/aromatic N) is 5. The van der Waals surface area contributed by atoms with Gasteiger partial charge in [-0.25, -0.2) is 22.8 Å². The minimum Gasteiger partial charge on any atom is -0.381 e. The lowest BCUT2D eigenvalue weighted by Gasteiger charge is -2.35. The van der Waals surface area contributed by atoms with Crippen molar-refractivity contribution in [3.63, 3.8) is 0 Å². The molecule has 0 fully saturated rings. The molecule has 150 valence electrons. The fraction of sp³-hybridized carbons (Fsp3) is 0.250. The minimum absolute atomic E-state index is 0.125. The maximum Gasteiger partial charge on any atom is 0.137 e. The highest BCUT2D eigenvalue weighted by Crippen LogP contribution is 2.38. The molecule has 2 heterocycles. The first kappa shape index (κ1) is 19.1. The van der Waals surface area contributed by atoms with E-state index in [0.29, 0.717) is 22.7 Å². The van der Waals surface area contributed by atoms with Crippen LogP contribution in [0.25, 0.3) is 10.9 Å². The van der Waals surface area contributed by atoms with E-state index in [0.717, 1.165) is 6.07 Å². The predicted molar refractivity (Wildman–Crippen MR) is 99.4 cm³/mol. The van der Waals surface area contributed by atoms with E-state index in [1.165, 1.54) is 40.2 Å². The van der Waals surface area contributed by atoms with E-state index >= 15 is 0 Å².